The Morgan fingerprint density at radius 1 is 0.400 bits per heavy atom. The van der Waals surface area contributed by atoms with Gasteiger partial charge in [-0.05, 0) is 224 Å². The van der Waals surface area contributed by atoms with Crippen molar-refractivity contribution in [3.05, 3.63) is 313 Å². The lowest BCUT2D eigenvalue weighted by atomic mass is 9.80. The van der Waals surface area contributed by atoms with Crippen LogP contribution in [0.1, 0.15) is 48.9 Å². The Labute approximate surface area is 496 Å². The molecule has 0 saturated carbocycles. The number of nitrogens with zero attached hydrogens (tertiary/aromatic N) is 2. The van der Waals surface area contributed by atoms with E-state index in [1.165, 1.54) is 137 Å². The molecule has 0 aromatic heterocycles. The number of hydrogen-bond acceptors (Lipinski definition) is 2. The van der Waals surface area contributed by atoms with Crippen LogP contribution in [0.4, 0.5) is 28.4 Å². The van der Waals surface area contributed by atoms with Crippen LogP contribution in [0, 0.1) is 5.92 Å². The van der Waals surface area contributed by atoms with Crippen molar-refractivity contribution in [2.45, 2.75) is 38.5 Å². The Morgan fingerprint density at radius 2 is 1.00 bits per heavy atom. The summed E-state index contributed by atoms with van der Waals surface area (Å²) in [5, 5.41) is 14.6. The Hall–Kier alpha value is -10.3. The summed E-state index contributed by atoms with van der Waals surface area (Å²) in [6, 6.07) is 90.1. The number of anilines is 5. The maximum absolute atomic E-state index is 2.54. The lowest BCUT2D eigenvalue weighted by molar-refractivity contribution is 0.660. The first-order chi connectivity index (χ1) is 41.9. The molecule has 85 heavy (non-hydrogen) atoms. The van der Waals surface area contributed by atoms with E-state index in [1.54, 1.807) is 0 Å². The fraction of sp³-hybridized carbons (Fsp3) is 0.0843. The van der Waals surface area contributed by atoms with Crippen molar-refractivity contribution < 1.29 is 0 Å². The first kappa shape index (κ1) is 49.3. The van der Waals surface area contributed by atoms with Gasteiger partial charge in [0.2, 0.25) is 0 Å². The van der Waals surface area contributed by atoms with Gasteiger partial charge < -0.3 is 9.80 Å². The summed E-state index contributed by atoms with van der Waals surface area (Å²) in [4.78, 5) is 5.02. The van der Waals surface area contributed by atoms with Crippen molar-refractivity contribution in [2.75, 3.05) is 9.80 Å². The molecular formula is C83H60N2. The molecule has 0 aliphatic heterocycles. The third-order valence-electron chi connectivity index (χ3n) is 19.1. The Bertz CT molecular complexity index is 5080. The highest BCUT2D eigenvalue weighted by molar-refractivity contribution is 6.27. The molecule has 1 unspecified atom stereocenters. The van der Waals surface area contributed by atoms with E-state index >= 15 is 0 Å². The lowest BCUT2D eigenvalue weighted by Crippen LogP contribution is -2.19. The second-order valence-electron chi connectivity index (χ2n) is 24.2. The average Bonchev–Trinajstić information content (AvgIpc) is 1.81. The highest BCUT2D eigenvalue weighted by Gasteiger charge is 2.36. The molecule has 0 N–H and O–H groups in total. The van der Waals surface area contributed by atoms with Crippen LogP contribution in [0.5, 0.6) is 0 Å². The zero-order chi connectivity index (χ0) is 56.3. The van der Waals surface area contributed by atoms with Gasteiger partial charge in [-0.2, -0.15) is 0 Å². The normalized spacial score (nSPS) is 15.5. The molecule has 0 bridgehead atoms. The van der Waals surface area contributed by atoms with Gasteiger partial charge in [-0.1, -0.05) is 220 Å². The van der Waals surface area contributed by atoms with Gasteiger partial charge in [0.15, 0.2) is 0 Å². The maximum Gasteiger partial charge on any atom is 0.0468 e. The summed E-state index contributed by atoms with van der Waals surface area (Å²) in [6.07, 6.45) is 21.6. The largest absolute Gasteiger partial charge is 0.311 e. The minimum absolute atomic E-state index is 0.198. The number of fused-ring (bicyclic) bond motifs is 12. The van der Waals surface area contributed by atoms with Gasteiger partial charge in [0.25, 0.3) is 0 Å². The quantitative estimate of drug-likeness (QED) is 0.111. The predicted molar refractivity (Wildman–Crippen MR) is 363 cm³/mol. The highest BCUT2D eigenvalue weighted by Crippen LogP contribution is 2.54. The van der Waals surface area contributed by atoms with Crippen molar-refractivity contribution in [3.63, 3.8) is 0 Å². The molecule has 17 rings (SSSR count). The van der Waals surface area contributed by atoms with Gasteiger partial charge in [0.05, 0.1) is 0 Å². The fourth-order valence-corrected chi connectivity index (χ4v) is 14.9. The molecule has 0 fully saturated rings. The molecule has 13 aromatic rings. The van der Waals surface area contributed by atoms with Crippen molar-refractivity contribution in [1.29, 1.82) is 0 Å². The van der Waals surface area contributed by atoms with E-state index in [-0.39, 0.29) is 5.41 Å². The Balaban J connectivity index is 0.996. The van der Waals surface area contributed by atoms with E-state index in [0.717, 1.165) is 42.0 Å². The summed E-state index contributed by atoms with van der Waals surface area (Å²) < 4.78 is 0. The topological polar surface area (TPSA) is 6.48 Å². The molecule has 4 aliphatic rings. The van der Waals surface area contributed by atoms with E-state index in [1.807, 2.05) is 0 Å². The first-order valence-corrected chi connectivity index (χ1v) is 30.2. The second kappa shape index (κ2) is 19.4. The van der Waals surface area contributed by atoms with Crippen molar-refractivity contribution in [3.8, 4) is 33.4 Å². The Morgan fingerprint density at radius 3 is 1.78 bits per heavy atom. The predicted octanol–water partition coefficient (Wildman–Crippen LogP) is 22.8. The Kier molecular flexibility index (Phi) is 11.3. The first-order valence-electron chi connectivity index (χ1n) is 30.2. The van der Waals surface area contributed by atoms with Crippen molar-refractivity contribution in [2.24, 2.45) is 5.92 Å². The number of rotatable bonds is 8. The van der Waals surface area contributed by atoms with Crippen LogP contribution in [0.25, 0.3) is 104 Å². The number of aryl methyl sites for hydroxylation is 1. The van der Waals surface area contributed by atoms with Crippen LogP contribution in [0.3, 0.4) is 0 Å². The van der Waals surface area contributed by atoms with E-state index < -0.39 is 0 Å². The molecule has 0 heterocycles. The van der Waals surface area contributed by atoms with Crippen LogP contribution in [-0.4, -0.2) is 0 Å². The van der Waals surface area contributed by atoms with E-state index in [4.69, 9.17) is 0 Å². The molecule has 2 heteroatoms. The van der Waals surface area contributed by atoms with E-state index in [9.17, 15) is 0 Å². The van der Waals surface area contributed by atoms with Crippen molar-refractivity contribution in [1.82, 2.24) is 0 Å². The van der Waals surface area contributed by atoms with Crippen LogP contribution >= 0.6 is 0 Å². The molecule has 1 atom stereocenters. The van der Waals surface area contributed by atoms with E-state index in [0.29, 0.717) is 5.92 Å². The summed E-state index contributed by atoms with van der Waals surface area (Å²) in [7, 11) is 0. The number of benzene rings is 13. The third-order valence-corrected chi connectivity index (χ3v) is 19.1. The summed E-state index contributed by atoms with van der Waals surface area (Å²) in [5.74, 6) is 0.372. The maximum atomic E-state index is 2.54. The molecular weight excluding hydrogens is 1020 g/mol. The minimum Gasteiger partial charge on any atom is -0.311 e. The van der Waals surface area contributed by atoms with Gasteiger partial charge in [-0.25, -0.2) is 0 Å². The number of hydrogen-bond donors (Lipinski definition) is 0. The zero-order valence-corrected chi connectivity index (χ0v) is 47.7. The molecule has 4 aliphatic carbocycles. The standard InChI is InChI=1S/C83H60N2/c1-83(2)79-30-16-15-29-72(79)73-42-35-62(50-80(73)83)81-74-43-40-68(85(65-38-33-55-19-5-9-23-59(55)47-65)66-39-34-56-20-6-10-24-60(56)48-66)52-78(74)82(76-49-61-25-11-12-26-69(61)70-27-13-14-28-71(70)76)75-44-41-67(51-77(75)81)84(63-36-31-53-17-3-7-21-57(53)45-63)64-37-32-54-18-4-8-22-58(54)46-64/h3-7,9-21,23-30,32-53H,8,22,31H2,1-2H3. The van der Waals surface area contributed by atoms with Crippen LogP contribution < -0.4 is 9.80 Å². The van der Waals surface area contributed by atoms with Crippen molar-refractivity contribution >= 4 is 99.1 Å². The van der Waals surface area contributed by atoms with Gasteiger partial charge >= 0.3 is 0 Å². The molecule has 2 nitrogen and oxygen atoms in total. The van der Waals surface area contributed by atoms with Crippen LogP contribution in [0.2, 0.25) is 0 Å². The molecule has 0 radical (unpaired) electrons. The smallest absolute Gasteiger partial charge is 0.0468 e. The van der Waals surface area contributed by atoms with Gasteiger partial charge in [-0.15, -0.1) is 0 Å². The zero-order valence-electron chi connectivity index (χ0n) is 47.7. The summed E-state index contributed by atoms with van der Waals surface area (Å²) in [5.41, 5.74) is 20.9. The van der Waals surface area contributed by atoms with Gasteiger partial charge in [0.1, 0.15) is 0 Å². The van der Waals surface area contributed by atoms with Crippen LogP contribution in [0.15, 0.2) is 290 Å². The van der Waals surface area contributed by atoms with Gasteiger partial charge in [-0.3, -0.25) is 0 Å². The molecule has 402 valence electrons. The lowest BCUT2D eigenvalue weighted by Gasteiger charge is -2.32. The van der Waals surface area contributed by atoms with E-state index in [2.05, 4.69) is 309 Å². The minimum atomic E-state index is -0.198. The average molecular weight is 1090 g/mol. The SMILES string of the molecule is CC1(C)c2ccccc2-c2ccc(-c3c4cc(N(C5=CCC6C=CC=CC6=C5)c5ccc6c(c5)CCC=C6)ccc4c(-c4cc5ccccc5c5ccccc45)c4cc(N(c5ccc6ccccc6c5)c5ccc6ccccc6c5)ccc34)cc21. The summed E-state index contributed by atoms with van der Waals surface area (Å²) >= 11 is 0. The third kappa shape index (κ3) is 8.00. The van der Waals surface area contributed by atoms with Gasteiger partial charge in [0, 0.05) is 45.5 Å². The number of allylic oxidation sites excluding steroid dienone is 8. The fourth-order valence-electron chi connectivity index (χ4n) is 14.9. The molecule has 13 aromatic carbocycles. The monoisotopic (exact) mass is 1080 g/mol. The summed E-state index contributed by atoms with van der Waals surface area (Å²) in [6.45, 7) is 4.81. The molecule has 0 spiro atoms. The molecule has 0 saturated heterocycles. The second-order valence-corrected chi connectivity index (χ2v) is 24.2. The van der Waals surface area contributed by atoms with Crippen LogP contribution in [-0.2, 0) is 11.8 Å². The molecule has 0 amide bonds. The highest BCUT2D eigenvalue weighted by atomic mass is 15.2.